The van der Waals surface area contributed by atoms with Gasteiger partial charge in [0, 0.05) is 24.4 Å². The Labute approximate surface area is 236 Å². The molecular weight excluding hydrogens is 520 g/mol. The summed E-state index contributed by atoms with van der Waals surface area (Å²) in [5.74, 6) is 0.777. The van der Waals surface area contributed by atoms with Crippen LogP contribution in [0, 0.1) is 6.92 Å². The van der Waals surface area contributed by atoms with Crippen molar-refractivity contribution in [3.05, 3.63) is 95.1 Å². The maximum atomic E-state index is 6.26. The standard InChI is InChI=1S/C31H28N6O2S/c1-21-27(25-18-24(15-16-37(25)35-21)39-19-22-10-4-2-5-11-22)30-34-28(23-12-6-3-7-13-23)29(40-30)31(32-20-33-36-31)26-14-8-9-17-38-26/h2-7,10-13,15-16,18,20,26H,8-9,14,17,19H2,1H3. The Morgan fingerprint density at radius 3 is 2.62 bits per heavy atom. The number of aryl methyl sites for hydroxylation is 1. The second-order valence-corrected chi connectivity index (χ2v) is 11.0. The molecular formula is C31H28N6O2S. The number of azo groups is 1. The molecule has 0 aliphatic carbocycles. The molecule has 5 heterocycles. The van der Waals surface area contributed by atoms with Crippen molar-refractivity contribution in [1.29, 1.82) is 0 Å². The van der Waals surface area contributed by atoms with Crippen LogP contribution in [0.1, 0.15) is 35.4 Å². The van der Waals surface area contributed by atoms with Gasteiger partial charge in [-0.25, -0.2) is 14.5 Å². The Hall–Kier alpha value is -4.21. The normalized spacial score (nSPS) is 20.4. The van der Waals surface area contributed by atoms with E-state index in [9.17, 15) is 0 Å². The summed E-state index contributed by atoms with van der Waals surface area (Å²) in [6.07, 6.45) is 6.28. The van der Waals surface area contributed by atoms with E-state index in [0.29, 0.717) is 13.2 Å². The largest absolute Gasteiger partial charge is 0.489 e. The van der Waals surface area contributed by atoms with Gasteiger partial charge in [0.25, 0.3) is 0 Å². The second kappa shape index (κ2) is 10.4. The Balaban J connectivity index is 1.35. The molecule has 0 saturated carbocycles. The number of fused-ring (bicyclic) bond motifs is 1. The first kappa shape index (κ1) is 24.8. The lowest BCUT2D eigenvalue weighted by atomic mass is 9.93. The molecule has 2 aliphatic rings. The molecule has 2 aliphatic heterocycles. The first-order valence-electron chi connectivity index (χ1n) is 13.5. The van der Waals surface area contributed by atoms with Gasteiger partial charge in [0.2, 0.25) is 5.66 Å². The number of aliphatic imine (C=N–C) groups is 1. The Bertz CT molecular complexity index is 1690. The van der Waals surface area contributed by atoms with Crippen molar-refractivity contribution in [2.75, 3.05) is 6.61 Å². The minimum atomic E-state index is -0.942. The van der Waals surface area contributed by atoms with E-state index in [-0.39, 0.29) is 6.10 Å². The third-order valence-electron chi connectivity index (χ3n) is 7.40. The topological polar surface area (TPSA) is 85.7 Å². The molecule has 5 aromatic rings. The Morgan fingerprint density at radius 2 is 1.88 bits per heavy atom. The number of rotatable bonds is 7. The molecule has 0 bridgehead atoms. The van der Waals surface area contributed by atoms with Crippen LogP contribution in [0.25, 0.3) is 27.3 Å². The summed E-state index contributed by atoms with van der Waals surface area (Å²) in [5.41, 5.74) is 4.82. The fraction of sp³-hybridized carbons (Fsp3) is 0.258. The lowest BCUT2D eigenvalue weighted by Crippen LogP contribution is -2.39. The van der Waals surface area contributed by atoms with Crippen LogP contribution < -0.4 is 4.74 Å². The van der Waals surface area contributed by atoms with Gasteiger partial charge in [-0.3, -0.25) is 0 Å². The predicted molar refractivity (Wildman–Crippen MR) is 156 cm³/mol. The molecule has 1 saturated heterocycles. The molecule has 1 fully saturated rings. The second-order valence-electron chi connectivity index (χ2n) is 10.0. The lowest BCUT2D eigenvalue weighted by Gasteiger charge is -2.33. The zero-order chi connectivity index (χ0) is 26.9. The monoisotopic (exact) mass is 548 g/mol. The van der Waals surface area contributed by atoms with Crippen molar-refractivity contribution in [1.82, 2.24) is 14.6 Å². The molecule has 0 N–H and O–H groups in total. The van der Waals surface area contributed by atoms with Crippen molar-refractivity contribution < 1.29 is 9.47 Å². The van der Waals surface area contributed by atoms with Gasteiger partial charge in [-0.1, -0.05) is 60.7 Å². The molecule has 0 radical (unpaired) electrons. The van der Waals surface area contributed by atoms with Gasteiger partial charge in [0.05, 0.1) is 27.3 Å². The van der Waals surface area contributed by atoms with Gasteiger partial charge in [-0.15, -0.1) is 21.6 Å². The average molecular weight is 549 g/mol. The van der Waals surface area contributed by atoms with E-state index < -0.39 is 5.66 Å². The number of hydrogen-bond donors (Lipinski definition) is 0. The number of nitrogens with zero attached hydrogens (tertiary/aromatic N) is 6. The molecule has 9 heteroatoms. The minimum Gasteiger partial charge on any atom is -0.489 e. The van der Waals surface area contributed by atoms with E-state index in [1.165, 1.54) is 0 Å². The van der Waals surface area contributed by atoms with Crippen molar-refractivity contribution in [2.24, 2.45) is 15.2 Å². The maximum Gasteiger partial charge on any atom is 0.234 e. The average Bonchev–Trinajstić information content (AvgIpc) is 3.75. The Morgan fingerprint density at radius 1 is 1.05 bits per heavy atom. The highest BCUT2D eigenvalue weighted by atomic mass is 32.1. The fourth-order valence-corrected chi connectivity index (χ4v) is 6.74. The van der Waals surface area contributed by atoms with Crippen molar-refractivity contribution in [2.45, 2.75) is 44.6 Å². The number of benzene rings is 2. The van der Waals surface area contributed by atoms with Crippen LogP contribution in [0.4, 0.5) is 0 Å². The van der Waals surface area contributed by atoms with Crippen molar-refractivity contribution in [3.8, 4) is 27.6 Å². The van der Waals surface area contributed by atoms with E-state index in [1.54, 1.807) is 17.7 Å². The van der Waals surface area contributed by atoms with Crippen LogP contribution >= 0.6 is 11.3 Å². The highest BCUT2D eigenvalue weighted by molar-refractivity contribution is 7.15. The Kier molecular flexibility index (Phi) is 6.45. The van der Waals surface area contributed by atoms with Crippen LogP contribution in [-0.4, -0.2) is 33.6 Å². The first-order valence-corrected chi connectivity index (χ1v) is 14.3. The number of aromatic nitrogens is 3. The first-order chi connectivity index (χ1) is 19.7. The van der Waals surface area contributed by atoms with Gasteiger partial charge in [-0.2, -0.15) is 5.10 Å². The smallest absolute Gasteiger partial charge is 0.234 e. The van der Waals surface area contributed by atoms with E-state index in [4.69, 9.17) is 29.7 Å². The van der Waals surface area contributed by atoms with Crippen LogP contribution in [0.2, 0.25) is 0 Å². The third kappa shape index (κ3) is 4.41. The number of ether oxygens (including phenoxy) is 2. The molecule has 2 atom stereocenters. The van der Waals surface area contributed by atoms with Crippen molar-refractivity contribution in [3.63, 3.8) is 0 Å². The molecule has 40 heavy (non-hydrogen) atoms. The SMILES string of the molecule is Cc1nn2ccc(OCc3ccccc3)cc2c1-c1nc(-c2ccccc2)c(C2(C3CCCCO3)N=CN=N2)s1. The summed E-state index contributed by atoms with van der Waals surface area (Å²) in [4.78, 5) is 11.0. The minimum absolute atomic E-state index is 0.192. The summed E-state index contributed by atoms with van der Waals surface area (Å²) in [5, 5.41) is 14.6. The van der Waals surface area contributed by atoms with Crippen LogP contribution in [0.5, 0.6) is 5.75 Å². The van der Waals surface area contributed by atoms with Gasteiger partial charge in [0.15, 0.2) is 0 Å². The van der Waals surface area contributed by atoms with Gasteiger partial charge in [0.1, 0.15) is 29.8 Å². The quantitative estimate of drug-likeness (QED) is 0.215. The summed E-state index contributed by atoms with van der Waals surface area (Å²) in [6.45, 7) is 3.21. The van der Waals surface area contributed by atoms with Gasteiger partial charge < -0.3 is 9.47 Å². The number of thiazole rings is 1. The number of pyridine rings is 1. The van der Waals surface area contributed by atoms with Gasteiger partial charge >= 0.3 is 0 Å². The molecule has 3 aromatic heterocycles. The van der Waals surface area contributed by atoms with Crippen molar-refractivity contribution >= 4 is 23.2 Å². The van der Waals surface area contributed by atoms with Crippen LogP contribution in [0.3, 0.4) is 0 Å². The fourth-order valence-electron chi connectivity index (χ4n) is 5.42. The zero-order valence-corrected chi connectivity index (χ0v) is 22.9. The zero-order valence-electron chi connectivity index (χ0n) is 22.1. The number of hydrogen-bond acceptors (Lipinski definition) is 8. The van der Waals surface area contributed by atoms with E-state index >= 15 is 0 Å². The summed E-state index contributed by atoms with van der Waals surface area (Å²) < 4.78 is 14.3. The van der Waals surface area contributed by atoms with E-state index in [1.807, 2.05) is 66.2 Å². The molecule has 0 amide bonds. The highest BCUT2D eigenvalue weighted by Gasteiger charge is 2.48. The highest BCUT2D eigenvalue weighted by Crippen LogP contribution is 2.49. The lowest BCUT2D eigenvalue weighted by molar-refractivity contribution is -0.0305. The third-order valence-corrected chi connectivity index (χ3v) is 8.58. The molecule has 7 rings (SSSR count). The van der Waals surface area contributed by atoms with Crippen LogP contribution in [-0.2, 0) is 17.0 Å². The molecule has 0 spiro atoms. The summed E-state index contributed by atoms with van der Waals surface area (Å²) in [6, 6.07) is 24.4. The van der Waals surface area contributed by atoms with E-state index in [0.717, 1.165) is 68.5 Å². The van der Waals surface area contributed by atoms with Gasteiger partial charge in [-0.05, 0) is 37.8 Å². The summed E-state index contributed by atoms with van der Waals surface area (Å²) in [7, 11) is 0. The molecule has 200 valence electrons. The predicted octanol–water partition coefficient (Wildman–Crippen LogP) is 7.23. The molecule has 2 unspecified atom stereocenters. The maximum absolute atomic E-state index is 6.26. The molecule has 2 aromatic carbocycles. The van der Waals surface area contributed by atoms with Crippen LogP contribution in [0.15, 0.2) is 94.2 Å². The van der Waals surface area contributed by atoms with E-state index in [2.05, 4.69) is 29.4 Å². The molecule has 8 nitrogen and oxygen atoms in total. The summed E-state index contributed by atoms with van der Waals surface area (Å²) >= 11 is 1.59.